The number of rotatable bonds is 5. The van der Waals surface area contributed by atoms with Gasteiger partial charge in [0.2, 0.25) is 0 Å². The first kappa shape index (κ1) is 22.3. The Labute approximate surface area is 176 Å². The number of aromatic nitrogens is 2. The average Bonchev–Trinajstić information content (AvgIpc) is 3.00. The summed E-state index contributed by atoms with van der Waals surface area (Å²) in [6.07, 6.45) is -5.09. The zero-order valence-electron chi connectivity index (χ0n) is 17.5. The molecular formula is C22H22F3N3O3. The molecule has 164 valence electrons. The summed E-state index contributed by atoms with van der Waals surface area (Å²) in [6, 6.07) is 6.15. The number of halogens is 3. The summed E-state index contributed by atoms with van der Waals surface area (Å²) in [5.41, 5.74) is -0.280. The van der Waals surface area contributed by atoms with Crippen LogP contribution in [0.4, 0.5) is 13.2 Å². The summed E-state index contributed by atoms with van der Waals surface area (Å²) in [6.45, 7) is 1.74. The fourth-order valence-corrected chi connectivity index (χ4v) is 3.49. The van der Waals surface area contributed by atoms with E-state index in [0.717, 1.165) is 12.1 Å². The SMILES string of the molecule is Cc1nc2c(O)c(CCC(=O)c3ccccc3C(F)(F)F)c(C(=O)N(C)C)cc2n1C. The molecule has 3 rings (SSSR count). The van der Waals surface area contributed by atoms with E-state index in [0.29, 0.717) is 11.3 Å². The Morgan fingerprint density at radius 3 is 2.42 bits per heavy atom. The van der Waals surface area contributed by atoms with Gasteiger partial charge in [-0.2, -0.15) is 13.2 Å². The van der Waals surface area contributed by atoms with Gasteiger partial charge < -0.3 is 14.6 Å². The summed E-state index contributed by atoms with van der Waals surface area (Å²) < 4.78 is 41.5. The van der Waals surface area contributed by atoms with Gasteiger partial charge in [0.05, 0.1) is 11.1 Å². The van der Waals surface area contributed by atoms with Crippen LogP contribution < -0.4 is 0 Å². The van der Waals surface area contributed by atoms with Crippen LogP contribution in [0.1, 0.15) is 44.1 Å². The first-order chi connectivity index (χ1) is 14.4. The van der Waals surface area contributed by atoms with Gasteiger partial charge in [0, 0.05) is 44.3 Å². The van der Waals surface area contributed by atoms with Crippen molar-refractivity contribution in [2.45, 2.75) is 25.9 Å². The topological polar surface area (TPSA) is 75.4 Å². The monoisotopic (exact) mass is 433 g/mol. The number of nitrogens with zero attached hydrogens (tertiary/aromatic N) is 3. The van der Waals surface area contributed by atoms with E-state index in [9.17, 15) is 27.9 Å². The Morgan fingerprint density at radius 1 is 1.16 bits per heavy atom. The maximum Gasteiger partial charge on any atom is 0.417 e. The van der Waals surface area contributed by atoms with Gasteiger partial charge in [0.25, 0.3) is 5.91 Å². The second kappa shape index (κ2) is 8.05. The summed E-state index contributed by atoms with van der Waals surface area (Å²) in [5.74, 6) is -0.758. The third-order valence-electron chi connectivity index (χ3n) is 5.25. The number of hydrogen-bond acceptors (Lipinski definition) is 4. The van der Waals surface area contributed by atoms with Crippen LogP contribution in [-0.2, 0) is 19.6 Å². The third-order valence-corrected chi connectivity index (χ3v) is 5.25. The zero-order chi connectivity index (χ0) is 23.1. The predicted molar refractivity (Wildman–Crippen MR) is 109 cm³/mol. The van der Waals surface area contributed by atoms with Gasteiger partial charge in [-0.05, 0) is 25.5 Å². The highest BCUT2D eigenvalue weighted by molar-refractivity contribution is 6.02. The standard InChI is InChI=1S/C22H22F3N3O3/c1-12-26-19-17(28(12)4)11-15(21(31)27(2)3)13(20(19)30)9-10-18(29)14-7-5-6-8-16(14)22(23,24)25/h5-8,11,30H,9-10H2,1-4H3. The van der Waals surface area contributed by atoms with E-state index >= 15 is 0 Å². The molecule has 0 saturated carbocycles. The van der Waals surface area contributed by atoms with Crippen LogP contribution in [0.25, 0.3) is 11.0 Å². The van der Waals surface area contributed by atoms with Crippen LogP contribution in [0.3, 0.4) is 0 Å². The largest absolute Gasteiger partial charge is 0.505 e. The summed E-state index contributed by atoms with van der Waals surface area (Å²) >= 11 is 0. The molecule has 0 saturated heterocycles. The minimum absolute atomic E-state index is 0.114. The number of hydrogen-bond donors (Lipinski definition) is 1. The van der Waals surface area contributed by atoms with Crippen LogP contribution in [0, 0.1) is 6.92 Å². The number of aryl methyl sites for hydroxylation is 2. The smallest absolute Gasteiger partial charge is 0.417 e. The number of carbonyl (C=O) groups is 2. The Kier molecular flexibility index (Phi) is 5.80. The number of imidazole rings is 1. The van der Waals surface area contributed by atoms with Gasteiger partial charge in [-0.1, -0.05) is 18.2 Å². The molecule has 1 N–H and O–H groups in total. The van der Waals surface area contributed by atoms with Crippen molar-refractivity contribution in [3.8, 4) is 5.75 Å². The molecule has 0 atom stereocenters. The van der Waals surface area contributed by atoms with Crippen LogP contribution in [-0.4, -0.2) is 45.3 Å². The fraction of sp³-hybridized carbons (Fsp3) is 0.318. The molecule has 2 aromatic carbocycles. The van der Waals surface area contributed by atoms with E-state index in [2.05, 4.69) is 4.98 Å². The molecule has 3 aromatic rings. The van der Waals surface area contributed by atoms with Gasteiger partial charge >= 0.3 is 6.18 Å². The zero-order valence-corrected chi connectivity index (χ0v) is 17.5. The number of amides is 1. The Bertz CT molecular complexity index is 1180. The van der Waals surface area contributed by atoms with Gasteiger partial charge in [0.15, 0.2) is 5.78 Å². The van der Waals surface area contributed by atoms with E-state index < -0.39 is 29.0 Å². The van der Waals surface area contributed by atoms with Gasteiger partial charge in [0.1, 0.15) is 17.1 Å². The summed E-state index contributed by atoms with van der Waals surface area (Å²) in [5, 5.41) is 10.8. The lowest BCUT2D eigenvalue weighted by Crippen LogP contribution is -2.23. The molecule has 0 aliphatic carbocycles. The first-order valence-corrected chi connectivity index (χ1v) is 9.52. The quantitative estimate of drug-likeness (QED) is 0.614. The highest BCUT2D eigenvalue weighted by atomic mass is 19.4. The molecule has 0 aliphatic rings. The lowest BCUT2D eigenvalue weighted by atomic mass is 9.94. The summed E-state index contributed by atoms with van der Waals surface area (Å²) in [4.78, 5) is 31.0. The number of alkyl halides is 3. The van der Waals surface area contributed by atoms with Crippen LogP contribution >= 0.6 is 0 Å². The van der Waals surface area contributed by atoms with Crippen LogP contribution in [0.15, 0.2) is 30.3 Å². The normalized spacial score (nSPS) is 11.7. The molecule has 6 nitrogen and oxygen atoms in total. The van der Waals surface area contributed by atoms with Crippen molar-refractivity contribution in [1.29, 1.82) is 0 Å². The van der Waals surface area contributed by atoms with Crippen molar-refractivity contribution in [3.05, 3.63) is 58.4 Å². The first-order valence-electron chi connectivity index (χ1n) is 9.52. The molecule has 0 unspecified atom stereocenters. The molecule has 0 radical (unpaired) electrons. The molecule has 0 aliphatic heterocycles. The van der Waals surface area contributed by atoms with Gasteiger partial charge in [-0.3, -0.25) is 9.59 Å². The summed E-state index contributed by atoms with van der Waals surface area (Å²) in [7, 11) is 4.84. The Morgan fingerprint density at radius 2 is 1.81 bits per heavy atom. The second-order valence-corrected chi connectivity index (χ2v) is 7.50. The molecule has 9 heteroatoms. The highest BCUT2D eigenvalue weighted by Gasteiger charge is 2.34. The molecule has 1 heterocycles. The van der Waals surface area contributed by atoms with Crippen molar-refractivity contribution < 1.29 is 27.9 Å². The van der Waals surface area contributed by atoms with Crippen molar-refractivity contribution in [2.75, 3.05) is 14.1 Å². The molecular weight excluding hydrogens is 411 g/mol. The number of benzene rings is 2. The van der Waals surface area contributed by atoms with Gasteiger partial charge in [-0.25, -0.2) is 4.98 Å². The van der Waals surface area contributed by atoms with E-state index in [1.54, 1.807) is 38.7 Å². The molecule has 0 spiro atoms. The number of ketones is 1. The highest BCUT2D eigenvalue weighted by Crippen LogP contribution is 2.35. The Hall–Kier alpha value is -3.36. The predicted octanol–water partition coefficient (Wildman–Crippen LogP) is 4.12. The molecule has 31 heavy (non-hydrogen) atoms. The average molecular weight is 433 g/mol. The molecule has 1 amide bonds. The van der Waals surface area contributed by atoms with E-state index in [4.69, 9.17) is 0 Å². The number of aromatic hydroxyl groups is 1. The van der Waals surface area contributed by atoms with Crippen molar-refractivity contribution >= 4 is 22.7 Å². The molecule has 1 aromatic heterocycles. The number of carbonyl (C=O) groups excluding carboxylic acids is 2. The maximum atomic E-state index is 13.3. The molecule has 0 fully saturated rings. The van der Waals surface area contributed by atoms with Crippen molar-refractivity contribution in [3.63, 3.8) is 0 Å². The van der Waals surface area contributed by atoms with Crippen LogP contribution in [0.5, 0.6) is 5.75 Å². The third kappa shape index (κ3) is 4.12. The van der Waals surface area contributed by atoms with E-state index in [-0.39, 0.29) is 35.2 Å². The minimum Gasteiger partial charge on any atom is -0.505 e. The minimum atomic E-state index is -4.66. The van der Waals surface area contributed by atoms with E-state index in [1.165, 1.54) is 17.0 Å². The second-order valence-electron chi connectivity index (χ2n) is 7.50. The maximum absolute atomic E-state index is 13.3. The lowest BCUT2D eigenvalue weighted by molar-refractivity contribution is -0.137. The van der Waals surface area contributed by atoms with Gasteiger partial charge in [-0.15, -0.1) is 0 Å². The van der Waals surface area contributed by atoms with Crippen molar-refractivity contribution in [1.82, 2.24) is 14.5 Å². The fourth-order valence-electron chi connectivity index (χ4n) is 3.49. The van der Waals surface area contributed by atoms with Crippen molar-refractivity contribution in [2.24, 2.45) is 7.05 Å². The number of Topliss-reactive ketones (excluding diaryl/α,β-unsaturated/α-hetero) is 1. The number of fused-ring (bicyclic) bond motifs is 1. The number of phenolic OH excluding ortho intramolecular Hbond substituents is 1. The molecule has 0 bridgehead atoms. The van der Waals surface area contributed by atoms with Crippen LogP contribution in [0.2, 0.25) is 0 Å². The number of phenols is 1. The lowest BCUT2D eigenvalue weighted by Gasteiger charge is -2.16. The van der Waals surface area contributed by atoms with E-state index in [1.807, 2.05) is 0 Å². The Balaban J connectivity index is 2.04.